The van der Waals surface area contributed by atoms with Gasteiger partial charge in [0.2, 0.25) is 5.88 Å². The molecule has 2 aromatic rings. The maximum atomic E-state index is 13.2. The first-order valence-electron chi connectivity index (χ1n) is 10.5. The average molecular weight is 421 g/mol. The van der Waals surface area contributed by atoms with Crippen molar-refractivity contribution in [3.8, 4) is 11.3 Å². The van der Waals surface area contributed by atoms with Crippen LogP contribution in [0.25, 0.3) is 11.3 Å². The third-order valence-electron chi connectivity index (χ3n) is 5.70. The molecule has 6 nitrogen and oxygen atoms in total. The summed E-state index contributed by atoms with van der Waals surface area (Å²) in [5, 5.41) is 0. The summed E-state index contributed by atoms with van der Waals surface area (Å²) in [4.78, 5) is 26.0. The molecule has 0 spiro atoms. The summed E-state index contributed by atoms with van der Waals surface area (Å²) >= 11 is 0. The maximum absolute atomic E-state index is 13.2. The third kappa shape index (κ3) is 3.90. The first-order chi connectivity index (χ1) is 14.7. The minimum Gasteiger partial charge on any atom is -0.462 e. The van der Waals surface area contributed by atoms with Crippen molar-refractivity contribution in [2.75, 3.05) is 6.61 Å². The number of rotatable bonds is 4. The average Bonchev–Trinajstić information content (AvgIpc) is 3.16. The molecule has 162 valence electrons. The van der Waals surface area contributed by atoms with Crippen LogP contribution in [-0.2, 0) is 19.1 Å². The Labute approximate surface area is 181 Å². The van der Waals surface area contributed by atoms with Gasteiger partial charge < -0.3 is 19.6 Å². The second-order valence-corrected chi connectivity index (χ2v) is 8.88. The molecule has 31 heavy (non-hydrogen) atoms. The molecule has 1 unspecified atom stereocenters. The first kappa shape index (κ1) is 21.0. The number of carbonyl (C=O) groups is 2. The smallest absolute Gasteiger partial charge is 0.340 e. The molecule has 1 aromatic heterocycles. The van der Waals surface area contributed by atoms with Gasteiger partial charge >= 0.3 is 5.97 Å². The highest BCUT2D eigenvalue weighted by atomic mass is 16.5. The van der Waals surface area contributed by atoms with Gasteiger partial charge in [0.05, 0.1) is 12.5 Å². The van der Waals surface area contributed by atoms with Crippen molar-refractivity contribution in [2.24, 2.45) is 11.1 Å². The van der Waals surface area contributed by atoms with Crippen molar-refractivity contribution in [3.05, 3.63) is 70.5 Å². The molecule has 2 heterocycles. The summed E-state index contributed by atoms with van der Waals surface area (Å²) < 4.78 is 17.2. The molecule has 1 aliphatic carbocycles. The lowest BCUT2D eigenvalue weighted by atomic mass is 9.71. The Kier molecular flexibility index (Phi) is 5.25. The van der Waals surface area contributed by atoms with Crippen molar-refractivity contribution in [2.45, 2.75) is 46.5 Å². The third-order valence-corrected chi connectivity index (χ3v) is 5.70. The lowest BCUT2D eigenvalue weighted by Crippen LogP contribution is -2.35. The molecule has 1 aliphatic heterocycles. The topological polar surface area (TPSA) is 91.8 Å². The van der Waals surface area contributed by atoms with Gasteiger partial charge in [0.1, 0.15) is 22.9 Å². The van der Waals surface area contributed by atoms with Crippen molar-refractivity contribution < 1.29 is 23.5 Å². The Hall–Kier alpha value is -3.28. The van der Waals surface area contributed by atoms with Crippen molar-refractivity contribution >= 4 is 11.8 Å². The van der Waals surface area contributed by atoms with Crippen LogP contribution in [-0.4, -0.2) is 18.4 Å². The Bertz CT molecular complexity index is 1100. The lowest BCUT2D eigenvalue weighted by Gasteiger charge is -2.37. The van der Waals surface area contributed by atoms with Crippen LogP contribution in [0.3, 0.4) is 0 Å². The number of ketones is 1. The van der Waals surface area contributed by atoms with Crippen LogP contribution in [0.4, 0.5) is 0 Å². The van der Waals surface area contributed by atoms with Crippen LogP contribution < -0.4 is 5.73 Å². The normalized spacial score (nSPS) is 20.4. The number of carbonyl (C=O) groups excluding carboxylic acids is 2. The van der Waals surface area contributed by atoms with Gasteiger partial charge in [-0.25, -0.2) is 4.79 Å². The Morgan fingerprint density at radius 2 is 1.87 bits per heavy atom. The van der Waals surface area contributed by atoms with E-state index in [0.717, 1.165) is 11.1 Å². The first-order valence-corrected chi connectivity index (χ1v) is 10.5. The lowest BCUT2D eigenvalue weighted by molar-refractivity contribution is -0.139. The van der Waals surface area contributed by atoms with E-state index in [1.54, 1.807) is 13.0 Å². The number of benzene rings is 1. The van der Waals surface area contributed by atoms with E-state index in [2.05, 4.69) is 0 Å². The van der Waals surface area contributed by atoms with Crippen LogP contribution >= 0.6 is 0 Å². The number of aryl methyl sites for hydroxylation is 1. The summed E-state index contributed by atoms with van der Waals surface area (Å²) in [5.41, 5.74) is 8.52. The van der Waals surface area contributed by atoms with Gasteiger partial charge in [-0.2, -0.15) is 0 Å². The van der Waals surface area contributed by atoms with Gasteiger partial charge in [-0.1, -0.05) is 43.7 Å². The molecule has 2 N–H and O–H groups in total. The van der Waals surface area contributed by atoms with Gasteiger partial charge in [-0.05, 0) is 31.4 Å². The van der Waals surface area contributed by atoms with Crippen molar-refractivity contribution in [1.29, 1.82) is 0 Å². The summed E-state index contributed by atoms with van der Waals surface area (Å²) in [6.07, 6.45) is 0.903. The largest absolute Gasteiger partial charge is 0.462 e. The van der Waals surface area contributed by atoms with Gasteiger partial charge in [-0.15, -0.1) is 0 Å². The molecule has 0 saturated carbocycles. The zero-order chi connectivity index (χ0) is 22.3. The van der Waals surface area contributed by atoms with E-state index < -0.39 is 11.9 Å². The van der Waals surface area contributed by atoms with Gasteiger partial charge in [-0.3, -0.25) is 4.79 Å². The van der Waals surface area contributed by atoms with Crippen LogP contribution in [0.1, 0.15) is 50.9 Å². The number of furan rings is 1. The van der Waals surface area contributed by atoms with E-state index in [1.807, 2.05) is 51.1 Å². The molecule has 4 rings (SSSR count). The molecule has 0 saturated heterocycles. The number of ether oxygens (including phenoxy) is 2. The molecule has 0 amide bonds. The van der Waals surface area contributed by atoms with E-state index in [0.29, 0.717) is 35.7 Å². The second kappa shape index (κ2) is 7.76. The predicted octanol–water partition coefficient (Wildman–Crippen LogP) is 4.75. The summed E-state index contributed by atoms with van der Waals surface area (Å²) in [7, 11) is 0. The number of allylic oxidation sites excluding steroid dienone is 2. The monoisotopic (exact) mass is 421 g/mol. The van der Waals surface area contributed by atoms with Gasteiger partial charge in [0.15, 0.2) is 5.78 Å². The zero-order valence-corrected chi connectivity index (χ0v) is 18.3. The van der Waals surface area contributed by atoms with E-state index >= 15 is 0 Å². The van der Waals surface area contributed by atoms with Gasteiger partial charge in [0.25, 0.3) is 0 Å². The van der Waals surface area contributed by atoms with Crippen LogP contribution in [0.2, 0.25) is 0 Å². The van der Waals surface area contributed by atoms with Crippen LogP contribution in [0.15, 0.2) is 63.6 Å². The van der Waals surface area contributed by atoms with E-state index in [-0.39, 0.29) is 29.3 Å². The Morgan fingerprint density at radius 1 is 1.16 bits per heavy atom. The SMILES string of the molecule is CCOC(=O)C1=C(N)OC2=C(C(=O)CC(C)(C)C2)C1c1ccc(-c2ccc(C)cc2)o1. The van der Waals surface area contributed by atoms with Crippen LogP contribution in [0, 0.1) is 12.3 Å². The molecule has 1 aromatic carbocycles. The summed E-state index contributed by atoms with van der Waals surface area (Å²) in [6, 6.07) is 11.6. The van der Waals surface area contributed by atoms with Crippen molar-refractivity contribution in [1.82, 2.24) is 0 Å². The molecular weight excluding hydrogens is 394 g/mol. The fourth-order valence-corrected chi connectivity index (χ4v) is 4.26. The molecule has 1 atom stereocenters. The van der Waals surface area contributed by atoms with Gasteiger partial charge in [0, 0.05) is 24.0 Å². The minimum atomic E-state index is -0.759. The molecule has 0 fully saturated rings. The fraction of sp³-hybridized carbons (Fsp3) is 0.360. The second-order valence-electron chi connectivity index (χ2n) is 8.88. The minimum absolute atomic E-state index is 0.0408. The molecule has 0 bridgehead atoms. The number of esters is 1. The highest BCUT2D eigenvalue weighted by Crippen LogP contribution is 2.48. The van der Waals surface area contributed by atoms with Crippen LogP contribution in [0.5, 0.6) is 0 Å². The molecular formula is C25H27NO5. The number of hydrogen-bond acceptors (Lipinski definition) is 6. The molecule has 0 radical (unpaired) electrons. The van der Waals surface area contributed by atoms with E-state index in [9.17, 15) is 9.59 Å². The standard InChI is InChI=1S/C25H27NO5/c1-5-29-24(28)22-21(18-11-10-17(30-18)15-8-6-14(2)7-9-15)20-16(27)12-25(3,4)13-19(20)31-23(22)26/h6-11,21H,5,12-13,26H2,1-4H3. The fourth-order valence-electron chi connectivity index (χ4n) is 4.26. The number of Topliss-reactive ketones (excluding diaryl/α,β-unsaturated/α-hetero) is 1. The predicted molar refractivity (Wildman–Crippen MR) is 116 cm³/mol. The molecule has 6 heteroatoms. The molecule has 2 aliphatic rings. The highest BCUT2D eigenvalue weighted by molar-refractivity contribution is 6.03. The Morgan fingerprint density at radius 3 is 2.55 bits per heavy atom. The summed E-state index contributed by atoms with van der Waals surface area (Å²) in [6.45, 7) is 7.94. The highest BCUT2D eigenvalue weighted by Gasteiger charge is 2.46. The quantitative estimate of drug-likeness (QED) is 0.717. The van der Waals surface area contributed by atoms with E-state index in [1.165, 1.54) is 0 Å². The van der Waals surface area contributed by atoms with E-state index in [4.69, 9.17) is 19.6 Å². The zero-order valence-electron chi connectivity index (χ0n) is 18.3. The maximum Gasteiger partial charge on any atom is 0.340 e. The number of nitrogens with two attached hydrogens (primary N) is 1. The Balaban J connectivity index is 1.83. The van der Waals surface area contributed by atoms with Crippen molar-refractivity contribution in [3.63, 3.8) is 0 Å². The number of hydrogen-bond donors (Lipinski definition) is 1. The summed E-state index contributed by atoms with van der Waals surface area (Å²) in [5.74, 6) is 0.136.